The zero-order chi connectivity index (χ0) is 15.0. The summed E-state index contributed by atoms with van der Waals surface area (Å²) >= 11 is 0. The van der Waals surface area contributed by atoms with E-state index in [0.29, 0.717) is 6.54 Å². The van der Waals surface area contributed by atoms with Crippen LogP contribution in [0.25, 0.3) is 0 Å². The monoisotopic (exact) mass is 269 g/mol. The fraction of sp³-hybridized carbons (Fsp3) is 0.667. The molecule has 1 rings (SSSR count). The maximum absolute atomic E-state index is 12.2. The number of urea groups is 1. The minimum absolute atomic E-state index is 0.351. The second-order valence-corrected chi connectivity index (χ2v) is 5.09. The molecule has 0 spiro atoms. The van der Waals surface area contributed by atoms with Crippen molar-refractivity contribution >= 4 is 23.8 Å². The third-order valence-corrected chi connectivity index (χ3v) is 3.36. The molecule has 1 unspecified atom stereocenters. The molecule has 19 heavy (non-hydrogen) atoms. The van der Waals surface area contributed by atoms with Gasteiger partial charge >= 0.3 is 6.03 Å². The van der Waals surface area contributed by atoms with Crippen molar-refractivity contribution in [2.24, 2.45) is 5.41 Å². The second kappa shape index (κ2) is 4.99. The lowest BCUT2D eigenvalue weighted by molar-refractivity contribution is -0.154. The fourth-order valence-corrected chi connectivity index (χ4v) is 1.74. The minimum atomic E-state index is -1.35. The van der Waals surface area contributed by atoms with E-state index in [1.807, 2.05) is 0 Å². The Hall–Kier alpha value is -1.92. The van der Waals surface area contributed by atoms with Crippen LogP contribution in [-0.2, 0) is 14.4 Å². The van der Waals surface area contributed by atoms with Gasteiger partial charge in [-0.1, -0.05) is 0 Å². The van der Waals surface area contributed by atoms with Crippen molar-refractivity contribution in [3.05, 3.63) is 0 Å². The summed E-state index contributed by atoms with van der Waals surface area (Å²) in [6, 6.07) is -1.79. The van der Waals surface area contributed by atoms with Crippen LogP contribution in [0.1, 0.15) is 27.7 Å². The molecule has 0 radical (unpaired) electrons. The normalized spacial score (nSPS) is 20.1. The summed E-state index contributed by atoms with van der Waals surface area (Å²) in [5.41, 5.74) is -1.35. The van der Waals surface area contributed by atoms with Crippen molar-refractivity contribution < 1.29 is 19.2 Å². The molecule has 1 fully saturated rings. The average Bonchev–Trinajstić information content (AvgIpc) is 2.34. The van der Waals surface area contributed by atoms with Crippen molar-refractivity contribution in [2.45, 2.75) is 33.7 Å². The van der Waals surface area contributed by atoms with Gasteiger partial charge < -0.3 is 4.90 Å². The van der Waals surface area contributed by atoms with Gasteiger partial charge in [-0.2, -0.15) is 0 Å². The zero-order valence-corrected chi connectivity index (χ0v) is 11.8. The number of barbiturate groups is 1. The van der Waals surface area contributed by atoms with E-state index in [2.05, 4.69) is 5.32 Å². The molecule has 1 aliphatic rings. The van der Waals surface area contributed by atoms with Gasteiger partial charge in [-0.25, -0.2) is 4.79 Å². The highest BCUT2D eigenvalue weighted by Gasteiger charge is 2.49. The van der Waals surface area contributed by atoms with E-state index in [9.17, 15) is 19.2 Å². The third-order valence-electron chi connectivity index (χ3n) is 3.36. The Balaban J connectivity index is 3.05. The summed E-state index contributed by atoms with van der Waals surface area (Å²) in [4.78, 5) is 49.8. The molecule has 7 nitrogen and oxygen atoms in total. The number of hydrogen-bond donors (Lipinski definition) is 1. The number of carbonyl (C=O) groups is 4. The lowest BCUT2D eigenvalue weighted by atomic mass is 9.88. The molecule has 1 aliphatic heterocycles. The third kappa shape index (κ3) is 2.45. The molecule has 0 bridgehead atoms. The smallest absolute Gasteiger partial charge is 0.331 e. The highest BCUT2D eigenvalue weighted by molar-refractivity contribution is 6.19. The number of carbonyl (C=O) groups excluding carboxylic acids is 4. The number of imide groups is 2. The number of rotatable bonds is 3. The number of hydrogen-bond acceptors (Lipinski definition) is 4. The van der Waals surface area contributed by atoms with E-state index in [1.165, 1.54) is 25.7 Å². The van der Waals surface area contributed by atoms with Gasteiger partial charge in [0.15, 0.2) is 0 Å². The number of likely N-dealkylation sites (N-methyl/N-ethyl adjacent to an activating group) is 1. The molecule has 1 N–H and O–H groups in total. The summed E-state index contributed by atoms with van der Waals surface area (Å²) in [6.07, 6.45) is 0. The summed E-state index contributed by atoms with van der Waals surface area (Å²) in [7, 11) is 1.58. The Kier molecular flexibility index (Phi) is 3.97. The van der Waals surface area contributed by atoms with Gasteiger partial charge in [-0.3, -0.25) is 24.6 Å². The average molecular weight is 269 g/mol. The first-order valence-electron chi connectivity index (χ1n) is 6.08. The van der Waals surface area contributed by atoms with Crippen LogP contribution in [0, 0.1) is 5.41 Å². The van der Waals surface area contributed by atoms with Crippen LogP contribution < -0.4 is 5.32 Å². The van der Waals surface area contributed by atoms with Crippen molar-refractivity contribution in [3.63, 3.8) is 0 Å². The first-order valence-corrected chi connectivity index (χ1v) is 6.08. The SMILES string of the molecule is CCN(C)C(=O)C(C)N1C(=O)NC(=O)C(C)(C)C1=O. The zero-order valence-electron chi connectivity index (χ0n) is 11.8. The lowest BCUT2D eigenvalue weighted by Crippen LogP contribution is -2.65. The summed E-state index contributed by atoms with van der Waals surface area (Å²) in [6.45, 7) is 6.57. The molecular formula is C12H19N3O4. The van der Waals surface area contributed by atoms with Crippen molar-refractivity contribution in [1.29, 1.82) is 0 Å². The Bertz CT molecular complexity index is 444. The van der Waals surface area contributed by atoms with E-state index in [-0.39, 0.29) is 5.91 Å². The van der Waals surface area contributed by atoms with Crippen molar-refractivity contribution in [1.82, 2.24) is 15.1 Å². The number of amides is 5. The van der Waals surface area contributed by atoms with Crippen molar-refractivity contribution in [2.75, 3.05) is 13.6 Å². The van der Waals surface area contributed by atoms with Gasteiger partial charge in [0.2, 0.25) is 17.7 Å². The summed E-state index contributed by atoms with van der Waals surface area (Å²) in [5.74, 6) is -1.66. The molecule has 106 valence electrons. The minimum Gasteiger partial charge on any atom is -0.344 e. The van der Waals surface area contributed by atoms with Gasteiger partial charge in [0.25, 0.3) is 0 Å². The Morgan fingerprint density at radius 2 is 1.89 bits per heavy atom. The maximum Gasteiger partial charge on any atom is 0.331 e. The van der Waals surface area contributed by atoms with Gasteiger partial charge in [-0.15, -0.1) is 0 Å². The standard InChI is InChI=1S/C12H19N3O4/c1-6-14(5)8(16)7(2)15-10(18)12(3,4)9(17)13-11(15)19/h7H,6H2,1-5H3,(H,13,17,19). The van der Waals surface area contributed by atoms with Crippen LogP contribution in [0.2, 0.25) is 0 Å². The molecular weight excluding hydrogens is 250 g/mol. The van der Waals surface area contributed by atoms with E-state index in [0.717, 1.165) is 4.90 Å². The number of nitrogens with zero attached hydrogens (tertiary/aromatic N) is 2. The Labute approximate surface area is 111 Å². The molecule has 0 aromatic carbocycles. The maximum atomic E-state index is 12.2. The predicted molar refractivity (Wildman–Crippen MR) is 66.9 cm³/mol. The Morgan fingerprint density at radius 1 is 1.37 bits per heavy atom. The van der Waals surface area contributed by atoms with Gasteiger partial charge in [0.1, 0.15) is 11.5 Å². The van der Waals surface area contributed by atoms with Crippen LogP contribution in [0.4, 0.5) is 4.79 Å². The Morgan fingerprint density at radius 3 is 2.37 bits per heavy atom. The van der Waals surface area contributed by atoms with Crippen LogP contribution in [0.5, 0.6) is 0 Å². The number of nitrogens with one attached hydrogen (secondary N) is 1. The van der Waals surface area contributed by atoms with Crippen molar-refractivity contribution in [3.8, 4) is 0 Å². The first kappa shape index (κ1) is 15.1. The van der Waals surface area contributed by atoms with E-state index in [1.54, 1.807) is 14.0 Å². The first-order chi connectivity index (χ1) is 8.64. The van der Waals surface area contributed by atoms with Gasteiger partial charge in [0.05, 0.1) is 0 Å². The molecule has 0 aromatic heterocycles. The molecule has 1 saturated heterocycles. The van der Waals surface area contributed by atoms with Crippen LogP contribution >= 0.6 is 0 Å². The van der Waals surface area contributed by atoms with Gasteiger partial charge in [0, 0.05) is 13.6 Å². The predicted octanol–water partition coefficient (Wildman–Crippen LogP) is -0.0422. The van der Waals surface area contributed by atoms with Crippen LogP contribution in [-0.4, -0.2) is 53.2 Å². The molecule has 0 aromatic rings. The molecule has 0 saturated carbocycles. The lowest BCUT2D eigenvalue weighted by Gasteiger charge is -2.38. The summed E-state index contributed by atoms with van der Waals surface area (Å²) < 4.78 is 0. The molecule has 5 amide bonds. The topological polar surface area (TPSA) is 86.8 Å². The van der Waals surface area contributed by atoms with Crippen LogP contribution in [0.15, 0.2) is 0 Å². The highest BCUT2D eigenvalue weighted by Crippen LogP contribution is 2.25. The van der Waals surface area contributed by atoms with Gasteiger partial charge in [-0.05, 0) is 27.7 Å². The quantitative estimate of drug-likeness (QED) is 0.728. The second-order valence-electron chi connectivity index (χ2n) is 5.09. The fourth-order valence-electron chi connectivity index (χ4n) is 1.74. The highest BCUT2D eigenvalue weighted by atomic mass is 16.2. The molecule has 1 heterocycles. The van der Waals surface area contributed by atoms with E-state index >= 15 is 0 Å². The summed E-state index contributed by atoms with van der Waals surface area (Å²) in [5, 5.41) is 2.10. The van der Waals surface area contributed by atoms with E-state index in [4.69, 9.17) is 0 Å². The van der Waals surface area contributed by atoms with E-state index < -0.39 is 29.3 Å². The molecule has 1 atom stereocenters. The molecule has 0 aliphatic carbocycles. The molecule has 7 heteroatoms. The van der Waals surface area contributed by atoms with Crippen LogP contribution in [0.3, 0.4) is 0 Å². The largest absolute Gasteiger partial charge is 0.344 e.